The molecule has 2 aromatic carbocycles. The van der Waals surface area contributed by atoms with Crippen LogP contribution in [-0.2, 0) is 9.53 Å². The summed E-state index contributed by atoms with van der Waals surface area (Å²) in [7, 11) is 1.59. The lowest BCUT2D eigenvalue weighted by atomic mass is 9.87. The minimum absolute atomic E-state index is 0.0679. The summed E-state index contributed by atoms with van der Waals surface area (Å²) >= 11 is 0. The number of ether oxygens (including phenoxy) is 1. The minimum Gasteiger partial charge on any atom is -0.383 e. The van der Waals surface area contributed by atoms with Gasteiger partial charge in [0, 0.05) is 25.8 Å². The number of hydrogen-bond donors (Lipinski definition) is 1. The summed E-state index contributed by atoms with van der Waals surface area (Å²) in [5.41, 5.74) is 2.60. The summed E-state index contributed by atoms with van der Waals surface area (Å²) in [5.74, 6) is -0.921. The molecule has 1 aliphatic heterocycles. The maximum Gasteiger partial charge on any atom is 0.254 e. The number of likely N-dealkylation sites (tertiary alicyclic amines) is 1. The van der Waals surface area contributed by atoms with E-state index in [1.807, 2.05) is 25.1 Å². The number of halogens is 1. The van der Waals surface area contributed by atoms with Gasteiger partial charge in [-0.3, -0.25) is 9.59 Å². The van der Waals surface area contributed by atoms with Crippen molar-refractivity contribution in [3.8, 4) is 0 Å². The second kappa shape index (κ2) is 9.65. The lowest BCUT2D eigenvalue weighted by Gasteiger charge is -2.39. The summed E-state index contributed by atoms with van der Waals surface area (Å²) in [6.45, 7) is 3.24. The second-order valence-electron chi connectivity index (χ2n) is 7.45. The van der Waals surface area contributed by atoms with E-state index in [4.69, 9.17) is 4.74 Å². The molecule has 6 heteroatoms. The molecular formula is C23H27FN2O3. The highest BCUT2D eigenvalue weighted by Gasteiger charge is 2.35. The Balaban J connectivity index is 1.84. The number of carbonyl (C=O) groups is 2. The predicted molar refractivity (Wildman–Crippen MR) is 109 cm³/mol. The van der Waals surface area contributed by atoms with Crippen LogP contribution in [0.2, 0.25) is 0 Å². The number of benzene rings is 2. The van der Waals surface area contributed by atoms with Crippen molar-refractivity contribution in [2.75, 3.05) is 26.8 Å². The van der Waals surface area contributed by atoms with Gasteiger partial charge in [0.1, 0.15) is 5.82 Å². The SMILES string of the molecule is COCCNC(=O)C1CCC(c2cccc(C)c2)N(C(=O)c2ccc(F)cc2)C1. The Morgan fingerprint density at radius 1 is 1.17 bits per heavy atom. The van der Waals surface area contributed by atoms with Gasteiger partial charge in [-0.1, -0.05) is 29.8 Å². The standard InChI is InChI=1S/C23H27FN2O3/c1-16-4-3-5-18(14-16)21-11-8-19(22(27)25-12-13-29-2)15-26(21)23(28)17-6-9-20(24)10-7-17/h3-7,9-10,14,19,21H,8,11-13,15H2,1-2H3,(H,25,27). The molecule has 0 radical (unpaired) electrons. The molecule has 2 unspecified atom stereocenters. The van der Waals surface area contributed by atoms with E-state index in [1.54, 1.807) is 12.0 Å². The topological polar surface area (TPSA) is 58.6 Å². The fourth-order valence-electron chi connectivity index (χ4n) is 3.81. The van der Waals surface area contributed by atoms with Crippen molar-refractivity contribution >= 4 is 11.8 Å². The molecule has 1 heterocycles. The Bertz CT molecular complexity index is 853. The minimum atomic E-state index is -0.383. The molecule has 154 valence electrons. The van der Waals surface area contributed by atoms with Gasteiger partial charge < -0.3 is 15.0 Å². The summed E-state index contributed by atoms with van der Waals surface area (Å²) in [5, 5.41) is 2.87. The Morgan fingerprint density at radius 2 is 1.93 bits per heavy atom. The van der Waals surface area contributed by atoms with Crippen LogP contribution in [0.3, 0.4) is 0 Å². The van der Waals surface area contributed by atoms with E-state index in [-0.39, 0.29) is 29.6 Å². The van der Waals surface area contributed by atoms with Crippen molar-refractivity contribution in [1.82, 2.24) is 10.2 Å². The van der Waals surface area contributed by atoms with Gasteiger partial charge in [0.2, 0.25) is 5.91 Å². The van der Waals surface area contributed by atoms with Gasteiger partial charge >= 0.3 is 0 Å². The Hall–Kier alpha value is -2.73. The molecular weight excluding hydrogens is 371 g/mol. The zero-order chi connectivity index (χ0) is 20.8. The molecule has 0 saturated carbocycles. The van der Waals surface area contributed by atoms with E-state index < -0.39 is 0 Å². The van der Waals surface area contributed by atoms with Crippen LogP contribution in [-0.4, -0.2) is 43.5 Å². The van der Waals surface area contributed by atoms with E-state index in [0.717, 1.165) is 11.1 Å². The van der Waals surface area contributed by atoms with Crippen LogP contribution >= 0.6 is 0 Å². The van der Waals surface area contributed by atoms with Crippen LogP contribution in [0.1, 0.15) is 40.4 Å². The third kappa shape index (κ3) is 5.21. The van der Waals surface area contributed by atoms with E-state index >= 15 is 0 Å². The Kier molecular flexibility index (Phi) is 6.99. The molecule has 29 heavy (non-hydrogen) atoms. The van der Waals surface area contributed by atoms with E-state index in [2.05, 4.69) is 11.4 Å². The van der Waals surface area contributed by atoms with Crippen molar-refractivity contribution in [3.63, 3.8) is 0 Å². The van der Waals surface area contributed by atoms with Gasteiger partial charge in [0.05, 0.1) is 18.6 Å². The molecule has 0 spiro atoms. The third-order valence-electron chi connectivity index (χ3n) is 5.34. The maximum atomic E-state index is 13.3. The number of rotatable bonds is 6. The molecule has 0 aromatic heterocycles. The Morgan fingerprint density at radius 3 is 2.62 bits per heavy atom. The van der Waals surface area contributed by atoms with Crippen molar-refractivity contribution in [2.24, 2.45) is 5.92 Å². The first kappa shape index (κ1) is 21.0. The molecule has 1 aliphatic rings. The third-order valence-corrected chi connectivity index (χ3v) is 5.34. The van der Waals surface area contributed by atoms with Crippen LogP contribution in [0.15, 0.2) is 48.5 Å². The number of nitrogens with one attached hydrogen (secondary N) is 1. The fraction of sp³-hybridized carbons (Fsp3) is 0.391. The number of aryl methyl sites for hydroxylation is 1. The molecule has 3 rings (SSSR count). The van der Waals surface area contributed by atoms with Gasteiger partial charge in [0.15, 0.2) is 0 Å². The fourth-order valence-corrected chi connectivity index (χ4v) is 3.81. The molecule has 0 bridgehead atoms. The van der Waals surface area contributed by atoms with E-state index in [1.165, 1.54) is 24.3 Å². The highest BCUT2D eigenvalue weighted by molar-refractivity contribution is 5.95. The summed E-state index contributed by atoms with van der Waals surface area (Å²) in [4.78, 5) is 27.6. The Labute approximate surface area is 170 Å². The molecule has 2 amide bonds. The zero-order valence-corrected chi connectivity index (χ0v) is 16.9. The number of amides is 2. The highest BCUT2D eigenvalue weighted by atomic mass is 19.1. The summed E-state index contributed by atoms with van der Waals surface area (Å²) in [6, 6.07) is 13.5. The quantitative estimate of drug-likeness (QED) is 0.758. The lowest BCUT2D eigenvalue weighted by Crippen LogP contribution is -2.47. The first-order valence-electron chi connectivity index (χ1n) is 9.89. The molecule has 2 atom stereocenters. The van der Waals surface area contributed by atoms with Gasteiger partial charge in [-0.15, -0.1) is 0 Å². The predicted octanol–water partition coefficient (Wildman–Crippen LogP) is 3.49. The van der Waals surface area contributed by atoms with Crippen molar-refractivity contribution in [3.05, 3.63) is 71.0 Å². The molecule has 0 aliphatic carbocycles. The lowest BCUT2D eigenvalue weighted by molar-refractivity contribution is -0.127. The summed E-state index contributed by atoms with van der Waals surface area (Å²) < 4.78 is 18.3. The van der Waals surface area contributed by atoms with E-state index in [9.17, 15) is 14.0 Å². The van der Waals surface area contributed by atoms with Gasteiger partial charge in [-0.2, -0.15) is 0 Å². The van der Waals surface area contributed by atoms with Crippen LogP contribution in [0.25, 0.3) is 0 Å². The largest absolute Gasteiger partial charge is 0.383 e. The van der Waals surface area contributed by atoms with Gasteiger partial charge in [0.25, 0.3) is 5.91 Å². The average molecular weight is 398 g/mol. The van der Waals surface area contributed by atoms with Gasteiger partial charge in [-0.05, 0) is 49.6 Å². The van der Waals surface area contributed by atoms with Crippen LogP contribution in [0.5, 0.6) is 0 Å². The number of hydrogen-bond acceptors (Lipinski definition) is 3. The van der Waals surface area contributed by atoms with E-state index in [0.29, 0.717) is 38.1 Å². The normalized spacial score (nSPS) is 19.1. The summed E-state index contributed by atoms with van der Waals surface area (Å²) in [6.07, 6.45) is 1.39. The second-order valence-corrected chi connectivity index (χ2v) is 7.45. The zero-order valence-electron chi connectivity index (χ0n) is 16.9. The van der Waals surface area contributed by atoms with Crippen LogP contribution in [0, 0.1) is 18.7 Å². The number of methoxy groups -OCH3 is 1. The number of piperidine rings is 1. The highest BCUT2D eigenvalue weighted by Crippen LogP contribution is 2.35. The maximum absolute atomic E-state index is 13.3. The molecule has 5 nitrogen and oxygen atoms in total. The van der Waals surface area contributed by atoms with Gasteiger partial charge in [-0.25, -0.2) is 4.39 Å². The first-order valence-corrected chi connectivity index (χ1v) is 9.89. The number of carbonyl (C=O) groups excluding carboxylic acids is 2. The molecule has 1 saturated heterocycles. The van der Waals surface area contributed by atoms with Crippen molar-refractivity contribution in [1.29, 1.82) is 0 Å². The first-order chi connectivity index (χ1) is 14.0. The molecule has 1 N–H and O–H groups in total. The molecule has 1 fully saturated rings. The number of nitrogens with zero attached hydrogens (tertiary/aromatic N) is 1. The monoisotopic (exact) mass is 398 g/mol. The van der Waals surface area contributed by atoms with Crippen molar-refractivity contribution in [2.45, 2.75) is 25.8 Å². The van der Waals surface area contributed by atoms with Crippen LogP contribution < -0.4 is 5.32 Å². The molecule has 2 aromatic rings. The smallest absolute Gasteiger partial charge is 0.254 e. The van der Waals surface area contributed by atoms with Crippen LogP contribution in [0.4, 0.5) is 4.39 Å². The van der Waals surface area contributed by atoms with Crippen molar-refractivity contribution < 1.29 is 18.7 Å². The average Bonchev–Trinajstić information content (AvgIpc) is 2.73.